The minimum absolute atomic E-state index is 0.0797. The third-order valence-electron chi connectivity index (χ3n) is 3.02. The molecule has 1 saturated carbocycles. The Morgan fingerprint density at radius 3 is 2.68 bits per heavy atom. The van der Waals surface area contributed by atoms with Gasteiger partial charge in [-0.1, -0.05) is 12.1 Å². The van der Waals surface area contributed by atoms with Gasteiger partial charge in [0.25, 0.3) is 0 Å². The molecular formula is C15H22N2O2. The lowest BCUT2D eigenvalue weighted by molar-refractivity contribution is -0.121. The summed E-state index contributed by atoms with van der Waals surface area (Å²) in [4.78, 5) is 11.5. The van der Waals surface area contributed by atoms with Gasteiger partial charge < -0.3 is 15.8 Å². The SMILES string of the molecule is CC(N)Cc1ccc(OCCC(=O)NC2CC2)cc1. The molecule has 19 heavy (non-hydrogen) atoms. The molecule has 0 aromatic heterocycles. The Bertz CT molecular complexity index is 411. The van der Waals surface area contributed by atoms with E-state index in [0.717, 1.165) is 25.0 Å². The Morgan fingerprint density at radius 2 is 2.11 bits per heavy atom. The predicted octanol–water partition coefficient (Wildman–Crippen LogP) is 1.62. The molecule has 4 nitrogen and oxygen atoms in total. The minimum Gasteiger partial charge on any atom is -0.493 e. The number of carbonyl (C=O) groups excluding carboxylic acids is 1. The topological polar surface area (TPSA) is 64.3 Å². The van der Waals surface area contributed by atoms with Crippen molar-refractivity contribution in [3.8, 4) is 5.75 Å². The lowest BCUT2D eigenvalue weighted by Gasteiger charge is -2.08. The molecule has 0 saturated heterocycles. The van der Waals surface area contributed by atoms with E-state index < -0.39 is 0 Å². The highest BCUT2D eigenvalue weighted by atomic mass is 16.5. The first-order valence-corrected chi connectivity index (χ1v) is 6.90. The number of nitrogens with two attached hydrogens (primary N) is 1. The van der Waals surface area contributed by atoms with Gasteiger partial charge in [-0.25, -0.2) is 0 Å². The molecule has 1 aromatic rings. The van der Waals surface area contributed by atoms with Gasteiger partial charge in [0.1, 0.15) is 5.75 Å². The van der Waals surface area contributed by atoms with E-state index in [1.165, 1.54) is 5.56 Å². The van der Waals surface area contributed by atoms with Crippen LogP contribution in [0.25, 0.3) is 0 Å². The van der Waals surface area contributed by atoms with Crippen molar-refractivity contribution in [3.63, 3.8) is 0 Å². The van der Waals surface area contributed by atoms with Crippen LogP contribution in [-0.2, 0) is 11.2 Å². The van der Waals surface area contributed by atoms with E-state index in [2.05, 4.69) is 5.32 Å². The van der Waals surface area contributed by atoms with E-state index in [-0.39, 0.29) is 11.9 Å². The summed E-state index contributed by atoms with van der Waals surface area (Å²) in [6.07, 6.45) is 3.52. The summed E-state index contributed by atoms with van der Waals surface area (Å²) < 4.78 is 5.55. The number of nitrogens with one attached hydrogen (secondary N) is 1. The second-order valence-electron chi connectivity index (χ2n) is 5.27. The van der Waals surface area contributed by atoms with E-state index >= 15 is 0 Å². The first kappa shape index (κ1) is 13.9. The Kier molecular flexibility index (Phi) is 4.80. The molecule has 1 amide bonds. The summed E-state index contributed by atoms with van der Waals surface area (Å²) >= 11 is 0. The summed E-state index contributed by atoms with van der Waals surface area (Å²) in [7, 11) is 0. The van der Waals surface area contributed by atoms with Crippen molar-refractivity contribution in [2.24, 2.45) is 5.73 Å². The first-order valence-electron chi connectivity index (χ1n) is 6.90. The van der Waals surface area contributed by atoms with Crippen LogP contribution >= 0.6 is 0 Å². The number of amides is 1. The smallest absolute Gasteiger partial charge is 0.223 e. The molecule has 0 bridgehead atoms. The molecule has 0 heterocycles. The Labute approximate surface area is 114 Å². The molecule has 0 radical (unpaired) electrons. The predicted molar refractivity (Wildman–Crippen MR) is 75.1 cm³/mol. The quantitative estimate of drug-likeness (QED) is 0.785. The van der Waals surface area contributed by atoms with Gasteiger partial charge in [0, 0.05) is 12.1 Å². The van der Waals surface area contributed by atoms with Crippen molar-refractivity contribution in [1.82, 2.24) is 5.32 Å². The lowest BCUT2D eigenvalue weighted by atomic mass is 10.1. The van der Waals surface area contributed by atoms with E-state index in [4.69, 9.17) is 10.5 Å². The van der Waals surface area contributed by atoms with E-state index in [1.54, 1.807) is 0 Å². The fraction of sp³-hybridized carbons (Fsp3) is 0.533. The maximum atomic E-state index is 11.5. The number of benzene rings is 1. The number of ether oxygens (including phenoxy) is 1. The van der Waals surface area contributed by atoms with Crippen LogP contribution in [0.5, 0.6) is 5.75 Å². The highest BCUT2D eigenvalue weighted by Crippen LogP contribution is 2.18. The molecule has 1 aromatic carbocycles. The Hall–Kier alpha value is -1.55. The molecule has 1 aliphatic rings. The third kappa shape index (κ3) is 5.30. The lowest BCUT2D eigenvalue weighted by Crippen LogP contribution is -2.26. The largest absolute Gasteiger partial charge is 0.493 e. The van der Waals surface area contributed by atoms with Crippen LogP contribution in [-0.4, -0.2) is 24.6 Å². The summed E-state index contributed by atoms with van der Waals surface area (Å²) in [5, 5.41) is 2.94. The van der Waals surface area contributed by atoms with Crippen molar-refractivity contribution in [2.75, 3.05) is 6.61 Å². The highest BCUT2D eigenvalue weighted by molar-refractivity contribution is 5.76. The van der Waals surface area contributed by atoms with Gasteiger partial charge in [-0.2, -0.15) is 0 Å². The number of rotatable bonds is 7. The molecule has 3 N–H and O–H groups in total. The molecule has 104 valence electrons. The van der Waals surface area contributed by atoms with Crippen LogP contribution < -0.4 is 15.8 Å². The zero-order valence-electron chi connectivity index (χ0n) is 11.4. The molecule has 4 heteroatoms. The summed E-state index contributed by atoms with van der Waals surface area (Å²) in [5.74, 6) is 0.878. The minimum atomic E-state index is 0.0797. The average Bonchev–Trinajstić information content (AvgIpc) is 3.14. The molecule has 0 spiro atoms. The van der Waals surface area contributed by atoms with Crippen molar-refractivity contribution in [2.45, 2.75) is 44.7 Å². The van der Waals surface area contributed by atoms with Crippen molar-refractivity contribution in [1.29, 1.82) is 0 Å². The van der Waals surface area contributed by atoms with Gasteiger partial charge in [0.2, 0.25) is 5.91 Å². The third-order valence-corrected chi connectivity index (χ3v) is 3.02. The van der Waals surface area contributed by atoms with E-state index in [1.807, 2.05) is 31.2 Å². The maximum Gasteiger partial charge on any atom is 0.223 e. The normalized spacial score (nSPS) is 15.9. The van der Waals surface area contributed by atoms with Crippen molar-refractivity contribution in [3.05, 3.63) is 29.8 Å². The Balaban J connectivity index is 1.68. The fourth-order valence-electron chi connectivity index (χ4n) is 1.88. The number of hydrogen-bond acceptors (Lipinski definition) is 3. The van der Waals surface area contributed by atoms with Crippen LogP contribution in [0, 0.1) is 0 Å². The van der Waals surface area contributed by atoms with Crippen LogP contribution in [0.3, 0.4) is 0 Å². The second-order valence-corrected chi connectivity index (χ2v) is 5.27. The van der Waals surface area contributed by atoms with Crippen LogP contribution in [0.15, 0.2) is 24.3 Å². The van der Waals surface area contributed by atoms with Crippen LogP contribution in [0.1, 0.15) is 31.7 Å². The van der Waals surface area contributed by atoms with E-state index in [9.17, 15) is 4.79 Å². The number of carbonyl (C=O) groups is 1. The summed E-state index contributed by atoms with van der Waals surface area (Å²) in [6.45, 7) is 2.41. The van der Waals surface area contributed by atoms with Crippen LogP contribution in [0.4, 0.5) is 0 Å². The molecule has 1 aliphatic carbocycles. The zero-order chi connectivity index (χ0) is 13.7. The van der Waals surface area contributed by atoms with Gasteiger partial charge in [-0.15, -0.1) is 0 Å². The van der Waals surface area contributed by atoms with Crippen molar-refractivity contribution >= 4 is 5.91 Å². The van der Waals surface area contributed by atoms with Crippen molar-refractivity contribution < 1.29 is 9.53 Å². The summed E-state index contributed by atoms with van der Waals surface area (Å²) in [6, 6.07) is 8.47. The van der Waals surface area contributed by atoms with Gasteiger partial charge in [-0.05, 0) is 43.9 Å². The second kappa shape index (κ2) is 6.57. The first-order chi connectivity index (χ1) is 9.13. The standard InChI is InChI=1S/C15H22N2O2/c1-11(16)10-12-2-6-14(7-3-12)19-9-8-15(18)17-13-4-5-13/h2-3,6-7,11,13H,4-5,8-10,16H2,1H3,(H,17,18). The highest BCUT2D eigenvalue weighted by Gasteiger charge is 2.22. The van der Waals surface area contributed by atoms with Gasteiger partial charge >= 0.3 is 0 Å². The average molecular weight is 262 g/mol. The number of hydrogen-bond donors (Lipinski definition) is 2. The molecule has 1 atom stereocenters. The maximum absolute atomic E-state index is 11.5. The van der Waals surface area contributed by atoms with E-state index in [0.29, 0.717) is 19.1 Å². The van der Waals surface area contributed by atoms with Crippen LogP contribution in [0.2, 0.25) is 0 Å². The molecule has 1 unspecified atom stereocenters. The molecular weight excluding hydrogens is 240 g/mol. The zero-order valence-corrected chi connectivity index (χ0v) is 11.4. The van der Waals surface area contributed by atoms with Gasteiger partial charge in [0.15, 0.2) is 0 Å². The van der Waals surface area contributed by atoms with Gasteiger partial charge in [-0.3, -0.25) is 4.79 Å². The van der Waals surface area contributed by atoms with Gasteiger partial charge in [0.05, 0.1) is 13.0 Å². The molecule has 1 fully saturated rings. The fourth-order valence-corrected chi connectivity index (χ4v) is 1.88. The Morgan fingerprint density at radius 1 is 1.42 bits per heavy atom. The molecule has 2 rings (SSSR count). The summed E-state index contributed by atoms with van der Waals surface area (Å²) in [5.41, 5.74) is 6.95. The monoisotopic (exact) mass is 262 g/mol. The molecule has 0 aliphatic heterocycles.